The van der Waals surface area contributed by atoms with Crippen LogP contribution in [0.5, 0.6) is 0 Å². The second-order valence-corrected chi connectivity index (χ2v) is 5.61. The Labute approximate surface area is 123 Å². The van der Waals surface area contributed by atoms with Crippen molar-refractivity contribution in [1.29, 1.82) is 0 Å². The van der Waals surface area contributed by atoms with E-state index in [9.17, 15) is 9.59 Å². The summed E-state index contributed by atoms with van der Waals surface area (Å²) in [7, 11) is 0. The first-order chi connectivity index (χ1) is 9.88. The van der Waals surface area contributed by atoms with Gasteiger partial charge in [-0.1, -0.05) is 0 Å². The number of nitrogen functional groups attached to an aromatic ring is 1. The molecule has 0 aromatic carbocycles. The van der Waals surface area contributed by atoms with Crippen LogP contribution in [0.4, 0.5) is 5.69 Å². The summed E-state index contributed by atoms with van der Waals surface area (Å²) in [4.78, 5) is 30.2. The summed E-state index contributed by atoms with van der Waals surface area (Å²) in [5.41, 5.74) is 12.3. The van der Waals surface area contributed by atoms with Gasteiger partial charge in [-0.15, -0.1) is 0 Å². The maximum atomic E-state index is 12.5. The van der Waals surface area contributed by atoms with Gasteiger partial charge in [0.25, 0.3) is 5.91 Å². The van der Waals surface area contributed by atoms with Crippen molar-refractivity contribution < 1.29 is 9.59 Å². The number of amides is 2. The monoisotopic (exact) mass is 291 g/mol. The highest BCUT2D eigenvalue weighted by molar-refractivity contribution is 5.97. The van der Waals surface area contributed by atoms with Crippen LogP contribution in [-0.4, -0.2) is 46.4 Å². The molecule has 0 spiro atoms. The second kappa shape index (κ2) is 6.09. The molecular weight excluding hydrogens is 270 g/mol. The molecule has 5 N–H and O–H groups in total. The number of carbonyl (C=O) groups excluding carboxylic acids is 2. The molecule has 0 bridgehead atoms. The van der Waals surface area contributed by atoms with Crippen molar-refractivity contribution in [3.63, 3.8) is 0 Å². The summed E-state index contributed by atoms with van der Waals surface area (Å²) in [6, 6.07) is 2.35. The largest absolute Gasteiger partial charge is 0.399 e. The minimum absolute atomic E-state index is 0.0109. The van der Waals surface area contributed by atoms with Crippen LogP contribution in [0.2, 0.25) is 0 Å². The van der Waals surface area contributed by atoms with Crippen molar-refractivity contribution in [2.75, 3.05) is 12.3 Å². The number of likely N-dealkylation sites (tertiary alicyclic amines) is 1. The average Bonchev–Trinajstić information content (AvgIpc) is 2.79. The van der Waals surface area contributed by atoms with E-state index in [1.165, 1.54) is 17.2 Å². The summed E-state index contributed by atoms with van der Waals surface area (Å²) in [5.74, 6) is -0.505. The Hall–Kier alpha value is -2.15. The third kappa shape index (κ3) is 3.49. The minimum atomic E-state index is -0.557. The summed E-state index contributed by atoms with van der Waals surface area (Å²) in [6.07, 6.45) is 1.92. The molecule has 2 atom stereocenters. The van der Waals surface area contributed by atoms with Crippen LogP contribution >= 0.6 is 0 Å². The van der Waals surface area contributed by atoms with Gasteiger partial charge in [0, 0.05) is 30.5 Å². The van der Waals surface area contributed by atoms with Gasteiger partial charge in [-0.05, 0) is 32.4 Å². The molecule has 2 rings (SSSR count). The van der Waals surface area contributed by atoms with Gasteiger partial charge in [-0.25, -0.2) is 0 Å². The molecule has 1 saturated heterocycles. The Morgan fingerprint density at radius 1 is 1.48 bits per heavy atom. The number of carbonyl (C=O) groups is 2. The summed E-state index contributed by atoms with van der Waals surface area (Å²) in [5, 5.41) is 2.82. The third-order valence-corrected chi connectivity index (χ3v) is 3.33. The van der Waals surface area contributed by atoms with E-state index in [2.05, 4.69) is 10.3 Å². The van der Waals surface area contributed by atoms with Gasteiger partial charge in [0.2, 0.25) is 5.91 Å². The minimum Gasteiger partial charge on any atom is -0.399 e. The molecule has 0 unspecified atom stereocenters. The number of nitrogens with one attached hydrogen (secondary N) is 1. The van der Waals surface area contributed by atoms with Gasteiger partial charge in [-0.2, -0.15) is 0 Å². The number of nitrogens with zero attached hydrogens (tertiary/aromatic N) is 2. The van der Waals surface area contributed by atoms with Gasteiger partial charge < -0.3 is 21.7 Å². The smallest absolute Gasteiger partial charge is 0.273 e. The average molecular weight is 291 g/mol. The maximum absolute atomic E-state index is 12.5. The molecule has 0 radical (unpaired) electrons. The van der Waals surface area contributed by atoms with E-state index in [1.807, 2.05) is 13.8 Å². The number of hydrogen-bond donors (Lipinski definition) is 3. The zero-order valence-electron chi connectivity index (χ0n) is 12.2. The van der Waals surface area contributed by atoms with Crippen LogP contribution in [0.1, 0.15) is 30.8 Å². The molecule has 1 aromatic rings. The van der Waals surface area contributed by atoms with Crippen molar-refractivity contribution in [2.24, 2.45) is 5.73 Å². The summed E-state index contributed by atoms with van der Waals surface area (Å²) >= 11 is 0. The number of nitrogens with two attached hydrogens (primary N) is 2. The van der Waals surface area contributed by atoms with Gasteiger partial charge in [-0.3, -0.25) is 14.6 Å². The van der Waals surface area contributed by atoms with Crippen molar-refractivity contribution >= 4 is 17.5 Å². The fourth-order valence-corrected chi connectivity index (χ4v) is 2.43. The van der Waals surface area contributed by atoms with Crippen LogP contribution in [-0.2, 0) is 4.79 Å². The Morgan fingerprint density at radius 2 is 2.19 bits per heavy atom. The van der Waals surface area contributed by atoms with E-state index in [1.54, 1.807) is 6.07 Å². The number of anilines is 1. The first-order valence-electron chi connectivity index (χ1n) is 6.97. The number of pyridine rings is 1. The van der Waals surface area contributed by atoms with Gasteiger partial charge in [0.05, 0.1) is 0 Å². The molecule has 21 heavy (non-hydrogen) atoms. The molecule has 1 aliphatic rings. The second-order valence-electron chi connectivity index (χ2n) is 5.61. The van der Waals surface area contributed by atoms with E-state index < -0.39 is 6.04 Å². The van der Waals surface area contributed by atoms with Crippen LogP contribution in [0.25, 0.3) is 0 Å². The first kappa shape index (κ1) is 15.2. The van der Waals surface area contributed by atoms with Crippen molar-refractivity contribution in [1.82, 2.24) is 15.2 Å². The van der Waals surface area contributed by atoms with Crippen LogP contribution in [0, 0.1) is 0 Å². The zero-order chi connectivity index (χ0) is 15.6. The summed E-state index contributed by atoms with van der Waals surface area (Å²) < 4.78 is 0. The SMILES string of the molecule is CC(C)NC(=O)[C@@H]1C[C@H](N)CN1C(=O)c1cc(N)ccn1. The molecule has 0 saturated carbocycles. The predicted octanol–water partition coefficient (Wildman–Crippen LogP) is -0.270. The molecular formula is C14H21N5O2. The Bertz CT molecular complexity index is 546. The Morgan fingerprint density at radius 3 is 2.81 bits per heavy atom. The number of hydrogen-bond acceptors (Lipinski definition) is 5. The highest BCUT2D eigenvalue weighted by Gasteiger charge is 2.39. The number of rotatable bonds is 3. The van der Waals surface area contributed by atoms with Crippen LogP contribution in [0.15, 0.2) is 18.3 Å². The first-order valence-corrected chi connectivity index (χ1v) is 6.97. The predicted molar refractivity (Wildman–Crippen MR) is 79.3 cm³/mol. The number of aromatic nitrogens is 1. The Balaban J connectivity index is 2.19. The fourth-order valence-electron chi connectivity index (χ4n) is 2.43. The molecule has 1 aliphatic heterocycles. The standard InChI is InChI=1S/C14H21N5O2/c1-8(2)18-13(20)12-6-10(16)7-19(12)14(21)11-5-9(15)3-4-17-11/h3-5,8,10,12H,6-7,16H2,1-2H3,(H2,15,17)(H,18,20)/t10-,12-/m0/s1. The molecule has 7 heteroatoms. The fraction of sp³-hybridized carbons (Fsp3) is 0.500. The maximum Gasteiger partial charge on any atom is 0.273 e. The lowest BCUT2D eigenvalue weighted by molar-refractivity contribution is -0.125. The molecule has 114 valence electrons. The van der Waals surface area contributed by atoms with Gasteiger partial charge in [0.1, 0.15) is 11.7 Å². The lowest BCUT2D eigenvalue weighted by Gasteiger charge is -2.24. The van der Waals surface area contributed by atoms with E-state index in [4.69, 9.17) is 11.5 Å². The van der Waals surface area contributed by atoms with E-state index in [0.717, 1.165) is 0 Å². The van der Waals surface area contributed by atoms with Gasteiger partial charge >= 0.3 is 0 Å². The molecule has 0 aliphatic carbocycles. The van der Waals surface area contributed by atoms with Crippen molar-refractivity contribution in [3.8, 4) is 0 Å². The zero-order valence-corrected chi connectivity index (χ0v) is 12.2. The topological polar surface area (TPSA) is 114 Å². The lowest BCUT2D eigenvalue weighted by atomic mass is 10.1. The highest BCUT2D eigenvalue weighted by Crippen LogP contribution is 2.20. The van der Waals surface area contributed by atoms with Crippen LogP contribution in [0.3, 0.4) is 0 Å². The normalized spacial score (nSPS) is 21.6. The molecule has 2 heterocycles. The van der Waals surface area contributed by atoms with Crippen molar-refractivity contribution in [3.05, 3.63) is 24.0 Å². The highest BCUT2D eigenvalue weighted by atomic mass is 16.2. The van der Waals surface area contributed by atoms with Crippen LogP contribution < -0.4 is 16.8 Å². The van der Waals surface area contributed by atoms with E-state index in [-0.39, 0.29) is 29.6 Å². The third-order valence-electron chi connectivity index (χ3n) is 3.33. The molecule has 1 aromatic heterocycles. The lowest BCUT2D eigenvalue weighted by Crippen LogP contribution is -2.47. The van der Waals surface area contributed by atoms with Crippen molar-refractivity contribution in [2.45, 2.75) is 38.4 Å². The Kier molecular flexibility index (Phi) is 4.42. The van der Waals surface area contributed by atoms with E-state index >= 15 is 0 Å². The van der Waals surface area contributed by atoms with E-state index in [0.29, 0.717) is 18.7 Å². The molecule has 1 fully saturated rings. The van der Waals surface area contributed by atoms with Gasteiger partial charge in [0.15, 0.2) is 0 Å². The quantitative estimate of drug-likeness (QED) is 0.709. The molecule has 7 nitrogen and oxygen atoms in total. The molecule has 2 amide bonds. The summed E-state index contributed by atoms with van der Waals surface area (Å²) in [6.45, 7) is 4.09.